The lowest BCUT2D eigenvalue weighted by atomic mass is 10.0. The van der Waals surface area contributed by atoms with Crippen LogP contribution < -0.4 is 16.0 Å². The van der Waals surface area contributed by atoms with Crippen molar-refractivity contribution in [3.8, 4) is 0 Å². The molecule has 7 heteroatoms. The van der Waals surface area contributed by atoms with Crippen molar-refractivity contribution >= 4 is 23.3 Å². The predicted molar refractivity (Wildman–Crippen MR) is 108 cm³/mol. The van der Waals surface area contributed by atoms with Gasteiger partial charge in [0.05, 0.1) is 12.6 Å². The molecule has 0 spiro atoms. The van der Waals surface area contributed by atoms with E-state index in [9.17, 15) is 9.59 Å². The summed E-state index contributed by atoms with van der Waals surface area (Å²) in [7, 11) is 0. The van der Waals surface area contributed by atoms with E-state index in [1.165, 1.54) is 6.42 Å². The van der Waals surface area contributed by atoms with Crippen molar-refractivity contribution in [2.75, 3.05) is 0 Å². The van der Waals surface area contributed by atoms with Crippen molar-refractivity contribution < 1.29 is 14.3 Å². The lowest BCUT2D eigenvalue weighted by molar-refractivity contribution is -0.123. The third kappa shape index (κ3) is 4.54. The number of benzene rings is 1. The fourth-order valence-corrected chi connectivity index (χ4v) is 4.52. The first-order chi connectivity index (χ1) is 13.5. The molecule has 1 saturated heterocycles. The Morgan fingerprint density at radius 1 is 1.18 bits per heavy atom. The van der Waals surface area contributed by atoms with E-state index in [1.54, 1.807) is 11.3 Å². The number of carbonyl (C=O) groups is 2. The zero-order valence-electron chi connectivity index (χ0n) is 15.9. The molecule has 1 aromatic carbocycles. The number of amides is 2. The van der Waals surface area contributed by atoms with Crippen LogP contribution in [0, 0.1) is 5.41 Å². The molecule has 3 atom stereocenters. The molecule has 2 aliphatic rings. The van der Waals surface area contributed by atoms with Gasteiger partial charge in [-0.15, -0.1) is 11.3 Å². The zero-order valence-corrected chi connectivity index (χ0v) is 16.7. The van der Waals surface area contributed by atoms with Crippen LogP contribution in [0.25, 0.3) is 0 Å². The van der Waals surface area contributed by atoms with Crippen LogP contribution in [0.4, 0.5) is 4.79 Å². The van der Waals surface area contributed by atoms with Gasteiger partial charge in [0.2, 0.25) is 5.91 Å². The molecule has 1 aliphatic heterocycles. The minimum absolute atomic E-state index is 0.0655. The normalized spacial score (nSPS) is 25.0. The Hall–Kier alpha value is -2.38. The molecule has 0 bridgehead atoms. The minimum atomic E-state index is -0.440. The van der Waals surface area contributed by atoms with Gasteiger partial charge in [-0.1, -0.05) is 37.3 Å². The van der Waals surface area contributed by atoms with Gasteiger partial charge in [-0.05, 0) is 40.8 Å². The summed E-state index contributed by atoms with van der Waals surface area (Å²) < 4.78 is 5.20. The van der Waals surface area contributed by atoms with Gasteiger partial charge in [-0.3, -0.25) is 4.79 Å². The first-order valence-electron chi connectivity index (χ1n) is 9.56. The molecule has 2 amide bonds. The van der Waals surface area contributed by atoms with Crippen LogP contribution in [0.3, 0.4) is 0 Å². The van der Waals surface area contributed by atoms with E-state index >= 15 is 0 Å². The molecular formula is C21H25N3O3S. The molecule has 2 fully saturated rings. The van der Waals surface area contributed by atoms with Gasteiger partial charge in [-0.25, -0.2) is 4.79 Å². The molecule has 1 saturated carbocycles. The fourth-order valence-electron chi connectivity index (χ4n) is 3.69. The van der Waals surface area contributed by atoms with Crippen LogP contribution in [-0.4, -0.2) is 24.1 Å². The van der Waals surface area contributed by atoms with E-state index in [4.69, 9.17) is 4.74 Å². The summed E-state index contributed by atoms with van der Waals surface area (Å²) in [5.74, 6) is 0.0750. The second kappa shape index (κ2) is 7.93. The molecule has 28 heavy (non-hydrogen) atoms. The van der Waals surface area contributed by atoms with Gasteiger partial charge in [0.1, 0.15) is 6.61 Å². The first-order valence-corrected chi connectivity index (χ1v) is 10.4. The highest BCUT2D eigenvalue weighted by Crippen LogP contribution is 2.53. The van der Waals surface area contributed by atoms with Crippen molar-refractivity contribution in [1.82, 2.24) is 16.0 Å². The van der Waals surface area contributed by atoms with Gasteiger partial charge in [0, 0.05) is 17.5 Å². The van der Waals surface area contributed by atoms with Crippen LogP contribution in [0.5, 0.6) is 0 Å². The highest BCUT2D eigenvalue weighted by Gasteiger charge is 2.57. The maximum absolute atomic E-state index is 12.3. The number of alkyl carbamates (subject to hydrolysis) is 1. The Balaban J connectivity index is 1.16. The molecule has 4 rings (SSSR count). The highest BCUT2D eigenvalue weighted by atomic mass is 32.1. The van der Waals surface area contributed by atoms with Crippen molar-refractivity contribution in [2.45, 2.75) is 51.5 Å². The predicted octanol–water partition coefficient (Wildman–Crippen LogP) is 2.93. The van der Waals surface area contributed by atoms with Crippen LogP contribution in [0.15, 0.2) is 41.8 Å². The number of nitrogens with one attached hydrogen (secondary N) is 3. The maximum Gasteiger partial charge on any atom is 0.407 e. The number of piperidine rings is 1. The molecular weight excluding hydrogens is 374 g/mol. The van der Waals surface area contributed by atoms with Crippen molar-refractivity contribution in [3.63, 3.8) is 0 Å². The number of fused-ring (bicyclic) bond motifs is 1. The molecule has 0 unspecified atom stereocenters. The zero-order chi connectivity index (χ0) is 19.6. The minimum Gasteiger partial charge on any atom is -0.445 e. The second-order valence-corrected chi connectivity index (χ2v) is 8.88. The number of hydrogen-bond acceptors (Lipinski definition) is 5. The molecule has 3 N–H and O–H groups in total. The van der Waals surface area contributed by atoms with Gasteiger partial charge in [0.25, 0.3) is 0 Å². The number of ether oxygens (including phenoxy) is 1. The van der Waals surface area contributed by atoms with E-state index in [0.29, 0.717) is 24.5 Å². The number of hydrogen-bond donors (Lipinski definition) is 3. The summed E-state index contributed by atoms with van der Waals surface area (Å²) in [5.41, 5.74) is 2.28. The smallest absolute Gasteiger partial charge is 0.407 e. The van der Waals surface area contributed by atoms with Crippen LogP contribution >= 0.6 is 11.3 Å². The van der Waals surface area contributed by atoms with Gasteiger partial charge in [-0.2, -0.15) is 0 Å². The van der Waals surface area contributed by atoms with Gasteiger partial charge in [0.15, 0.2) is 0 Å². The van der Waals surface area contributed by atoms with E-state index in [0.717, 1.165) is 22.4 Å². The van der Waals surface area contributed by atoms with Crippen LogP contribution in [0.2, 0.25) is 0 Å². The molecule has 0 radical (unpaired) electrons. The van der Waals surface area contributed by atoms with Crippen molar-refractivity contribution in [3.05, 3.63) is 57.8 Å². The Labute approximate surface area is 168 Å². The molecule has 2 aromatic rings. The Morgan fingerprint density at radius 3 is 2.75 bits per heavy atom. The third-order valence-corrected chi connectivity index (χ3v) is 6.52. The van der Waals surface area contributed by atoms with E-state index in [1.807, 2.05) is 41.8 Å². The first kappa shape index (κ1) is 19.0. The SMILES string of the molecule is C[C@]12C[C@@H](C(=O)NCc3cc(CNC(=O)OCc4ccccc4)cs3)N[C@H]1C2. The number of carbonyl (C=O) groups excluding carboxylic acids is 2. The number of rotatable bonds is 7. The van der Waals surface area contributed by atoms with Crippen molar-refractivity contribution in [2.24, 2.45) is 5.41 Å². The summed E-state index contributed by atoms with van der Waals surface area (Å²) in [6.07, 6.45) is 1.67. The summed E-state index contributed by atoms with van der Waals surface area (Å²) >= 11 is 1.58. The quantitative estimate of drug-likeness (QED) is 0.669. The average Bonchev–Trinajstić information content (AvgIpc) is 3.03. The van der Waals surface area contributed by atoms with Gasteiger partial charge < -0.3 is 20.7 Å². The molecule has 2 heterocycles. The second-order valence-electron chi connectivity index (χ2n) is 7.89. The lowest BCUT2D eigenvalue weighted by Gasteiger charge is -2.13. The van der Waals surface area contributed by atoms with E-state index in [2.05, 4.69) is 22.9 Å². The monoisotopic (exact) mass is 399 g/mol. The van der Waals surface area contributed by atoms with E-state index < -0.39 is 6.09 Å². The van der Waals surface area contributed by atoms with Gasteiger partial charge >= 0.3 is 6.09 Å². The van der Waals surface area contributed by atoms with Crippen LogP contribution in [0.1, 0.15) is 35.8 Å². The molecule has 1 aromatic heterocycles. The molecule has 148 valence electrons. The van der Waals surface area contributed by atoms with Crippen molar-refractivity contribution in [1.29, 1.82) is 0 Å². The molecule has 1 aliphatic carbocycles. The number of thiophene rings is 1. The molecule has 6 nitrogen and oxygen atoms in total. The third-order valence-electron chi connectivity index (χ3n) is 5.54. The highest BCUT2D eigenvalue weighted by molar-refractivity contribution is 7.10. The largest absolute Gasteiger partial charge is 0.445 e. The summed E-state index contributed by atoms with van der Waals surface area (Å²) in [6, 6.07) is 12.0. The van der Waals surface area contributed by atoms with E-state index in [-0.39, 0.29) is 18.6 Å². The maximum atomic E-state index is 12.3. The summed E-state index contributed by atoms with van der Waals surface area (Å²) in [6.45, 7) is 3.41. The Bertz CT molecular complexity index is 854. The Kier molecular flexibility index (Phi) is 5.37. The topological polar surface area (TPSA) is 79.5 Å². The standard InChI is InChI=1S/C21H25N3O3S/c1-21-8-17(24-18(21)9-21)19(25)22-11-16-7-15(13-28-16)10-23-20(26)27-12-14-5-3-2-4-6-14/h2-7,13,17-18,24H,8-12H2,1H3,(H,22,25)(H,23,26)/t17-,18-,21+/m0/s1. The summed E-state index contributed by atoms with van der Waals surface area (Å²) in [5, 5.41) is 11.2. The average molecular weight is 400 g/mol. The summed E-state index contributed by atoms with van der Waals surface area (Å²) in [4.78, 5) is 25.2. The lowest BCUT2D eigenvalue weighted by Crippen LogP contribution is -2.41. The fraction of sp³-hybridized carbons (Fsp3) is 0.429. The Morgan fingerprint density at radius 2 is 2.00 bits per heavy atom. The van der Waals surface area contributed by atoms with Crippen LogP contribution in [-0.2, 0) is 29.2 Å².